The maximum atomic E-state index is 11.9. The van der Waals surface area contributed by atoms with Crippen LogP contribution in [0.2, 0.25) is 0 Å². The molecule has 1 aliphatic carbocycles. The van der Waals surface area contributed by atoms with Crippen molar-refractivity contribution in [2.75, 3.05) is 27.7 Å². The standard InChI is InChI=1S/C11H19NO4/c1-12(2,3)7-11(16,6-9(13)14)10(15)8-4-5-8/h8,16H,4-7H2,1-3H3/p+1/t11-/m1/s1. The van der Waals surface area contributed by atoms with Crippen LogP contribution < -0.4 is 0 Å². The van der Waals surface area contributed by atoms with Crippen LogP contribution in [0.25, 0.3) is 0 Å². The number of likely N-dealkylation sites (N-methyl/N-ethyl adjacent to an activating group) is 1. The van der Waals surface area contributed by atoms with Gasteiger partial charge in [0, 0.05) is 5.92 Å². The minimum atomic E-state index is -1.72. The number of carbonyl (C=O) groups excluding carboxylic acids is 1. The Labute approximate surface area is 95.3 Å². The zero-order valence-electron chi connectivity index (χ0n) is 10.1. The van der Waals surface area contributed by atoms with E-state index in [2.05, 4.69) is 0 Å². The molecule has 0 unspecified atom stereocenters. The van der Waals surface area contributed by atoms with Crippen molar-refractivity contribution in [3.05, 3.63) is 0 Å². The molecule has 1 saturated carbocycles. The van der Waals surface area contributed by atoms with Gasteiger partial charge in [-0.25, -0.2) is 0 Å². The van der Waals surface area contributed by atoms with E-state index >= 15 is 0 Å². The largest absolute Gasteiger partial charge is 0.481 e. The van der Waals surface area contributed by atoms with Crippen LogP contribution in [0.3, 0.4) is 0 Å². The fraction of sp³-hybridized carbons (Fsp3) is 0.818. The van der Waals surface area contributed by atoms with E-state index in [0.29, 0.717) is 4.48 Å². The summed E-state index contributed by atoms with van der Waals surface area (Å²) < 4.78 is 0.363. The molecule has 0 aromatic carbocycles. The lowest BCUT2D eigenvalue weighted by molar-refractivity contribution is -0.875. The molecule has 0 aliphatic heterocycles. The van der Waals surface area contributed by atoms with Crippen LogP contribution in [0.15, 0.2) is 0 Å². The molecule has 1 fully saturated rings. The van der Waals surface area contributed by atoms with E-state index in [0.717, 1.165) is 12.8 Å². The van der Waals surface area contributed by atoms with Crippen molar-refractivity contribution in [1.29, 1.82) is 0 Å². The van der Waals surface area contributed by atoms with Gasteiger partial charge in [-0.3, -0.25) is 9.59 Å². The van der Waals surface area contributed by atoms with Crippen molar-refractivity contribution in [2.24, 2.45) is 5.92 Å². The van der Waals surface area contributed by atoms with Gasteiger partial charge in [0.15, 0.2) is 11.4 Å². The lowest BCUT2D eigenvalue weighted by Gasteiger charge is -2.33. The lowest BCUT2D eigenvalue weighted by atomic mass is 9.90. The second-order valence-electron chi connectivity index (χ2n) is 5.69. The number of Topliss-reactive ketones (excluding diaryl/α,β-unsaturated/α-hetero) is 1. The number of rotatable bonds is 6. The van der Waals surface area contributed by atoms with Gasteiger partial charge in [-0.15, -0.1) is 0 Å². The number of quaternary nitrogens is 1. The van der Waals surface area contributed by atoms with E-state index in [1.807, 2.05) is 21.1 Å². The average molecular weight is 230 g/mol. The molecule has 0 amide bonds. The highest BCUT2D eigenvalue weighted by molar-refractivity contribution is 5.94. The molecule has 92 valence electrons. The predicted octanol–water partition coefficient (Wildman–Crippen LogP) is -0.123. The summed E-state index contributed by atoms with van der Waals surface area (Å²) in [6.45, 7) is 0.134. The molecule has 5 heteroatoms. The molecule has 0 saturated heterocycles. The molecule has 16 heavy (non-hydrogen) atoms. The Morgan fingerprint density at radius 3 is 2.12 bits per heavy atom. The van der Waals surface area contributed by atoms with Gasteiger partial charge in [-0.05, 0) is 12.8 Å². The third-order valence-corrected chi connectivity index (χ3v) is 2.59. The quantitative estimate of drug-likeness (QED) is 0.624. The highest BCUT2D eigenvalue weighted by Crippen LogP contribution is 2.35. The van der Waals surface area contributed by atoms with E-state index in [1.165, 1.54) is 0 Å². The summed E-state index contributed by atoms with van der Waals surface area (Å²) in [4.78, 5) is 22.6. The minimum absolute atomic E-state index is 0.129. The highest BCUT2D eigenvalue weighted by Gasteiger charge is 2.48. The van der Waals surface area contributed by atoms with Gasteiger partial charge in [0.2, 0.25) is 0 Å². The molecule has 0 heterocycles. The van der Waals surface area contributed by atoms with Crippen LogP contribution in [-0.2, 0) is 9.59 Å². The number of hydrogen-bond acceptors (Lipinski definition) is 3. The van der Waals surface area contributed by atoms with Crippen molar-refractivity contribution in [3.63, 3.8) is 0 Å². The SMILES string of the molecule is C[N+](C)(C)C[C@](O)(CC(=O)O)C(=O)C1CC1. The molecular formula is C11H20NO4+. The number of hydrogen-bond donors (Lipinski definition) is 2. The Morgan fingerprint density at radius 1 is 1.31 bits per heavy atom. The molecule has 5 nitrogen and oxygen atoms in total. The Hall–Kier alpha value is -0.940. The van der Waals surface area contributed by atoms with Crippen LogP contribution in [0.5, 0.6) is 0 Å². The van der Waals surface area contributed by atoms with Gasteiger partial charge >= 0.3 is 5.97 Å². The summed E-state index contributed by atoms with van der Waals surface area (Å²) >= 11 is 0. The minimum Gasteiger partial charge on any atom is -0.481 e. The van der Waals surface area contributed by atoms with Gasteiger partial charge in [0.25, 0.3) is 0 Å². The first-order valence-electron chi connectivity index (χ1n) is 5.43. The van der Waals surface area contributed by atoms with E-state index in [1.54, 1.807) is 0 Å². The van der Waals surface area contributed by atoms with Crippen LogP contribution in [0.4, 0.5) is 0 Å². The van der Waals surface area contributed by atoms with Gasteiger partial charge < -0.3 is 14.7 Å². The summed E-state index contributed by atoms with van der Waals surface area (Å²) in [5, 5.41) is 19.0. The molecule has 2 N–H and O–H groups in total. The fourth-order valence-electron chi connectivity index (χ4n) is 1.98. The second-order valence-corrected chi connectivity index (χ2v) is 5.69. The molecule has 1 aliphatic rings. The summed E-state index contributed by atoms with van der Waals surface area (Å²) in [6, 6.07) is 0. The Balaban J connectivity index is 2.82. The maximum Gasteiger partial charge on any atom is 0.306 e. The molecule has 0 spiro atoms. The number of ketones is 1. The third kappa shape index (κ3) is 3.57. The maximum absolute atomic E-state index is 11.9. The van der Waals surface area contributed by atoms with Crippen molar-refractivity contribution in [2.45, 2.75) is 24.9 Å². The van der Waals surface area contributed by atoms with E-state index < -0.39 is 18.0 Å². The first-order chi connectivity index (χ1) is 7.14. The zero-order chi connectivity index (χ0) is 12.6. The van der Waals surface area contributed by atoms with E-state index in [9.17, 15) is 14.7 Å². The summed E-state index contributed by atoms with van der Waals surface area (Å²) in [6.07, 6.45) is 1.05. The fourth-order valence-corrected chi connectivity index (χ4v) is 1.98. The number of aliphatic carboxylic acids is 1. The molecule has 0 aromatic heterocycles. The number of carboxylic acids is 1. The summed E-state index contributed by atoms with van der Waals surface area (Å²) in [5.74, 6) is -1.57. The highest BCUT2D eigenvalue weighted by atomic mass is 16.4. The Kier molecular flexibility index (Phi) is 3.40. The van der Waals surface area contributed by atoms with Crippen molar-refractivity contribution in [3.8, 4) is 0 Å². The van der Waals surface area contributed by atoms with Gasteiger partial charge in [0.05, 0.1) is 27.6 Å². The zero-order valence-corrected chi connectivity index (χ0v) is 10.1. The molecular weight excluding hydrogens is 210 g/mol. The number of nitrogens with zero attached hydrogens (tertiary/aromatic N) is 1. The molecule has 1 rings (SSSR count). The summed E-state index contributed by atoms with van der Waals surface area (Å²) in [7, 11) is 5.48. The van der Waals surface area contributed by atoms with Crippen LogP contribution in [-0.4, -0.2) is 59.7 Å². The Bertz CT molecular complexity index is 304. The smallest absolute Gasteiger partial charge is 0.306 e. The summed E-state index contributed by atoms with van der Waals surface area (Å²) in [5.41, 5.74) is -1.72. The average Bonchev–Trinajstić information content (AvgIpc) is 2.78. The van der Waals surface area contributed by atoms with Gasteiger partial charge in [-0.1, -0.05) is 0 Å². The van der Waals surface area contributed by atoms with E-state index in [-0.39, 0.29) is 18.2 Å². The molecule has 0 bridgehead atoms. The first-order valence-corrected chi connectivity index (χ1v) is 5.43. The van der Waals surface area contributed by atoms with E-state index in [4.69, 9.17) is 5.11 Å². The molecule has 1 atom stereocenters. The van der Waals surface area contributed by atoms with Crippen molar-refractivity contribution in [1.82, 2.24) is 0 Å². The van der Waals surface area contributed by atoms with Crippen LogP contribution in [0.1, 0.15) is 19.3 Å². The topological polar surface area (TPSA) is 74.6 Å². The van der Waals surface area contributed by atoms with Crippen molar-refractivity contribution < 1.29 is 24.3 Å². The van der Waals surface area contributed by atoms with Gasteiger partial charge in [0.1, 0.15) is 6.54 Å². The molecule has 0 aromatic rings. The number of aliphatic hydroxyl groups is 1. The third-order valence-electron chi connectivity index (χ3n) is 2.59. The van der Waals surface area contributed by atoms with Crippen molar-refractivity contribution >= 4 is 11.8 Å². The predicted molar refractivity (Wildman–Crippen MR) is 57.8 cm³/mol. The van der Waals surface area contributed by atoms with Gasteiger partial charge in [-0.2, -0.15) is 0 Å². The first kappa shape index (κ1) is 13.1. The normalized spacial score (nSPS) is 20.2. The number of carboxylic acid groups (broad SMARTS) is 1. The van der Waals surface area contributed by atoms with Crippen LogP contribution in [0, 0.1) is 5.92 Å². The molecule has 0 radical (unpaired) electrons. The monoisotopic (exact) mass is 230 g/mol. The van der Waals surface area contributed by atoms with Crippen LogP contribution >= 0.6 is 0 Å². The second kappa shape index (κ2) is 4.14. The Morgan fingerprint density at radius 2 is 1.81 bits per heavy atom. The lowest BCUT2D eigenvalue weighted by Crippen LogP contribution is -2.55. The number of carbonyl (C=O) groups is 2.